The number of halogens is 1. The molecule has 0 saturated carbocycles. The quantitative estimate of drug-likeness (QED) is 0.926. The van der Waals surface area contributed by atoms with Gasteiger partial charge in [-0.05, 0) is 51.1 Å². The van der Waals surface area contributed by atoms with Crippen LogP contribution < -0.4 is 5.73 Å². The molecule has 4 heteroatoms. The van der Waals surface area contributed by atoms with Gasteiger partial charge in [-0.25, -0.2) is 4.39 Å². The zero-order valence-electron chi connectivity index (χ0n) is 13.4. The second-order valence-corrected chi connectivity index (χ2v) is 6.27. The molecule has 1 aromatic carbocycles. The summed E-state index contributed by atoms with van der Waals surface area (Å²) in [4.78, 5) is 4.83. The highest BCUT2D eigenvalue weighted by atomic mass is 19.1. The molecule has 1 saturated heterocycles. The number of hydrogen-bond donors (Lipinski definition) is 1. The van der Waals surface area contributed by atoms with Crippen molar-refractivity contribution < 1.29 is 4.39 Å². The van der Waals surface area contributed by atoms with Crippen molar-refractivity contribution >= 4 is 0 Å². The molecule has 2 N–H and O–H groups in total. The Hall–Kier alpha value is -0.970. The SMILES string of the molecule is CCC(N)C(c1cccc(F)c1)N1CCCN(C)CC1C. The maximum absolute atomic E-state index is 13.6. The Labute approximate surface area is 127 Å². The maximum atomic E-state index is 13.6. The highest BCUT2D eigenvalue weighted by Gasteiger charge is 2.31. The van der Waals surface area contributed by atoms with Crippen molar-refractivity contribution in [3.05, 3.63) is 35.6 Å². The molecule has 21 heavy (non-hydrogen) atoms. The second-order valence-electron chi connectivity index (χ2n) is 6.27. The molecule has 0 radical (unpaired) electrons. The third-order valence-corrected chi connectivity index (χ3v) is 4.52. The smallest absolute Gasteiger partial charge is 0.123 e. The molecular weight excluding hydrogens is 265 g/mol. The maximum Gasteiger partial charge on any atom is 0.123 e. The summed E-state index contributed by atoms with van der Waals surface area (Å²) in [6.07, 6.45) is 2.02. The van der Waals surface area contributed by atoms with E-state index in [-0.39, 0.29) is 17.9 Å². The van der Waals surface area contributed by atoms with E-state index >= 15 is 0 Å². The van der Waals surface area contributed by atoms with Gasteiger partial charge in [0.1, 0.15) is 5.82 Å². The molecule has 1 aliphatic heterocycles. The monoisotopic (exact) mass is 293 g/mol. The zero-order valence-corrected chi connectivity index (χ0v) is 13.4. The van der Waals surface area contributed by atoms with Crippen molar-refractivity contribution in [2.24, 2.45) is 5.73 Å². The molecule has 0 amide bonds. The van der Waals surface area contributed by atoms with Crippen molar-refractivity contribution in [1.82, 2.24) is 9.80 Å². The van der Waals surface area contributed by atoms with E-state index in [2.05, 4.69) is 30.7 Å². The molecule has 1 aromatic rings. The van der Waals surface area contributed by atoms with Gasteiger partial charge in [0.2, 0.25) is 0 Å². The molecule has 0 bridgehead atoms. The third kappa shape index (κ3) is 4.02. The second kappa shape index (κ2) is 7.34. The van der Waals surface area contributed by atoms with E-state index in [0.29, 0.717) is 6.04 Å². The summed E-state index contributed by atoms with van der Waals surface area (Å²) in [5.41, 5.74) is 7.40. The summed E-state index contributed by atoms with van der Waals surface area (Å²) >= 11 is 0. The summed E-state index contributed by atoms with van der Waals surface area (Å²) in [7, 11) is 2.16. The van der Waals surface area contributed by atoms with Gasteiger partial charge in [-0.2, -0.15) is 0 Å². The summed E-state index contributed by atoms with van der Waals surface area (Å²) in [6.45, 7) is 7.50. The Morgan fingerprint density at radius 2 is 2.14 bits per heavy atom. The molecule has 118 valence electrons. The minimum atomic E-state index is -0.180. The lowest BCUT2D eigenvalue weighted by Crippen LogP contribution is -2.47. The van der Waals surface area contributed by atoms with Crippen molar-refractivity contribution in [2.75, 3.05) is 26.7 Å². The largest absolute Gasteiger partial charge is 0.326 e. The fourth-order valence-electron chi connectivity index (χ4n) is 3.40. The van der Waals surface area contributed by atoms with Crippen molar-refractivity contribution in [1.29, 1.82) is 0 Å². The molecule has 3 unspecified atom stereocenters. The van der Waals surface area contributed by atoms with Gasteiger partial charge in [0, 0.05) is 25.2 Å². The minimum Gasteiger partial charge on any atom is -0.326 e. The fraction of sp³-hybridized carbons (Fsp3) is 0.647. The first-order valence-electron chi connectivity index (χ1n) is 7.98. The van der Waals surface area contributed by atoms with Crippen LogP contribution in [-0.2, 0) is 0 Å². The van der Waals surface area contributed by atoms with Crippen LogP contribution in [0.5, 0.6) is 0 Å². The number of benzene rings is 1. The summed E-state index contributed by atoms with van der Waals surface area (Å²) in [6, 6.07) is 7.46. The summed E-state index contributed by atoms with van der Waals surface area (Å²) in [5.74, 6) is -0.180. The fourth-order valence-corrected chi connectivity index (χ4v) is 3.40. The zero-order chi connectivity index (χ0) is 15.4. The van der Waals surface area contributed by atoms with Crippen LogP contribution in [0.15, 0.2) is 24.3 Å². The lowest BCUT2D eigenvalue weighted by molar-refractivity contribution is 0.121. The van der Waals surface area contributed by atoms with E-state index in [0.717, 1.165) is 38.0 Å². The van der Waals surface area contributed by atoms with E-state index in [1.54, 1.807) is 12.1 Å². The van der Waals surface area contributed by atoms with Gasteiger partial charge in [-0.3, -0.25) is 4.90 Å². The van der Waals surface area contributed by atoms with Gasteiger partial charge >= 0.3 is 0 Å². The van der Waals surface area contributed by atoms with Crippen LogP contribution in [0.3, 0.4) is 0 Å². The van der Waals surface area contributed by atoms with Crippen LogP contribution in [0, 0.1) is 5.82 Å². The van der Waals surface area contributed by atoms with Crippen LogP contribution in [-0.4, -0.2) is 48.6 Å². The number of rotatable bonds is 4. The average Bonchev–Trinajstić information content (AvgIpc) is 2.60. The first kappa shape index (κ1) is 16.4. The predicted octanol–water partition coefficient (Wildman–Crippen LogP) is 2.63. The van der Waals surface area contributed by atoms with E-state index in [1.165, 1.54) is 6.07 Å². The van der Waals surface area contributed by atoms with E-state index in [9.17, 15) is 4.39 Å². The highest BCUT2D eigenvalue weighted by Crippen LogP contribution is 2.29. The molecule has 0 aromatic heterocycles. The molecule has 1 heterocycles. The predicted molar refractivity (Wildman–Crippen MR) is 85.7 cm³/mol. The molecule has 1 aliphatic rings. The van der Waals surface area contributed by atoms with Gasteiger partial charge < -0.3 is 10.6 Å². The standard InChI is InChI=1S/C17H28FN3/c1-4-16(19)17(14-7-5-8-15(18)11-14)21-10-6-9-20(3)12-13(21)2/h5,7-8,11,13,16-17H,4,6,9-10,12,19H2,1-3H3. The van der Waals surface area contributed by atoms with Gasteiger partial charge in [0.05, 0.1) is 6.04 Å². The number of nitrogens with two attached hydrogens (primary N) is 1. The lowest BCUT2D eigenvalue weighted by Gasteiger charge is -2.39. The van der Waals surface area contributed by atoms with Crippen molar-refractivity contribution in [3.63, 3.8) is 0 Å². The molecule has 2 rings (SSSR count). The Balaban J connectivity index is 2.31. The Morgan fingerprint density at radius 1 is 1.38 bits per heavy atom. The molecule has 3 nitrogen and oxygen atoms in total. The first-order chi connectivity index (χ1) is 10.0. The Morgan fingerprint density at radius 3 is 2.81 bits per heavy atom. The van der Waals surface area contributed by atoms with Gasteiger partial charge in [0.15, 0.2) is 0 Å². The first-order valence-corrected chi connectivity index (χ1v) is 7.98. The third-order valence-electron chi connectivity index (χ3n) is 4.52. The van der Waals surface area contributed by atoms with Gasteiger partial charge in [-0.1, -0.05) is 19.1 Å². The molecule has 1 fully saturated rings. The molecular formula is C17H28FN3. The highest BCUT2D eigenvalue weighted by molar-refractivity contribution is 5.22. The topological polar surface area (TPSA) is 32.5 Å². The number of likely N-dealkylation sites (N-methyl/N-ethyl adjacent to an activating group) is 1. The summed E-state index contributed by atoms with van der Waals surface area (Å²) in [5, 5.41) is 0. The molecule has 0 aliphatic carbocycles. The summed E-state index contributed by atoms with van der Waals surface area (Å²) < 4.78 is 13.6. The molecule has 3 atom stereocenters. The van der Waals surface area contributed by atoms with Crippen LogP contribution in [0.1, 0.15) is 38.3 Å². The van der Waals surface area contributed by atoms with Crippen molar-refractivity contribution in [3.8, 4) is 0 Å². The van der Waals surface area contributed by atoms with Crippen LogP contribution in [0.25, 0.3) is 0 Å². The van der Waals surface area contributed by atoms with E-state index < -0.39 is 0 Å². The van der Waals surface area contributed by atoms with Crippen molar-refractivity contribution in [2.45, 2.75) is 44.8 Å². The van der Waals surface area contributed by atoms with Crippen LogP contribution in [0.4, 0.5) is 4.39 Å². The lowest BCUT2D eigenvalue weighted by atomic mass is 9.94. The molecule has 0 spiro atoms. The van der Waals surface area contributed by atoms with E-state index in [4.69, 9.17) is 5.73 Å². The van der Waals surface area contributed by atoms with Gasteiger partial charge in [0.25, 0.3) is 0 Å². The van der Waals surface area contributed by atoms with Crippen LogP contribution in [0.2, 0.25) is 0 Å². The Kier molecular flexibility index (Phi) is 5.73. The van der Waals surface area contributed by atoms with E-state index in [1.807, 2.05) is 6.07 Å². The number of nitrogens with zero attached hydrogens (tertiary/aromatic N) is 2. The average molecular weight is 293 g/mol. The normalized spacial score (nSPS) is 24.5. The van der Waals surface area contributed by atoms with Crippen LogP contribution >= 0.6 is 0 Å². The minimum absolute atomic E-state index is 0.0256. The number of hydrogen-bond acceptors (Lipinski definition) is 3. The Bertz CT molecular complexity index is 451. The van der Waals surface area contributed by atoms with Gasteiger partial charge in [-0.15, -0.1) is 0 Å².